The minimum absolute atomic E-state index is 0.0249. The van der Waals surface area contributed by atoms with E-state index in [1.165, 1.54) is 4.90 Å². The van der Waals surface area contributed by atoms with Crippen LogP contribution in [0.25, 0.3) is 10.9 Å². The second-order valence-corrected chi connectivity index (χ2v) is 22.2. The summed E-state index contributed by atoms with van der Waals surface area (Å²) in [5.41, 5.74) is 22.7. The number of aromatic amines is 1. The van der Waals surface area contributed by atoms with E-state index in [1.54, 1.807) is 72.0 Å². The van der Waals surface area contributed by atoms with Crippen LogP contribution in [0.4, 0.5) is 0 Å². The minimum Gasteiger partial charge on any atom is -0.481 e. The van der Waals surface area contributed by atoms with Gasteiger partial charge in [-0.15, -0.1) is 0 Å². The zero-order valence-corrected chi connectivity index (χ0v) is 49.0. The monoisotopic (exact) mass is 1200 g/mol. The van der Waals surface area contributed by atoms with Crippen LogP contribution in [-0.4, -0.2) is 171 Å². The number of hydrogen-bond acceptors (Lipinski definition) is 14. The number of carbonyl (C=O) groups is 13. The topological polar surface area (TPSA) is 494 Å². The molecule has 11 amide bonds. The van der Waals surface area contributed by atoms with E-state index in [0.717, 1.165) is 0 Å². The Bertz CT molecular complexity index is 2740. The Labute approximate surface area is 492 Å². The number of carbonyl (C=O) groups excluding carboxylic acids is 11. The molecule has 0 radical (unpaired) electrons. The SMILES string of the molecule is CC(C)CC(NC(=O)C(CCC(N)=O)NC(=O)C(CCCN=C(N)N)NC(=O)C1CCCN1C(=O)C(NC(=O)CNC(=O)C(CC(C)C)NC(=O)C(Cc1c[nH]c2ccccc12)NC(=O)C(CC(=O)O)NC(=O)CCCC(N)=O)C(C)C)C(=O)O. The third-order valence-electron chi connectivity index (χ3n) is 13.7. The maximum atomic E-state index is 14.4. The van der Waals surface area contributed by atoms with Crippen molar-refractivity contribution in [3.05, 3.63) is 36.0 Å². The molecule has 8 unspecified atom stereocenters. The zero-order valence-electron chi connectivity index (χ0n) is 49.0. The lowest BCUT2D eigenvalue weighted by Gasteiger charge is -2.31. The first-order valence-corrected chi connectivity index (χ1v) is 28.3. The normalized spacial score (nSPS) is 15.4. The smallest absolute Gasteiger partial charge is 0.326 e. The van der Waals surface area contributed by atoms with Gasteiger partial charge in [-0.2, -0.15) is 0 Å². The van der Waals surface area contributed by atoms with E-state index >= 15 is 0 Å². The number of carboxylic acid groups (broad SMARTS) is 2. The predicted octanol–water partition coefficient (Wildman–Crippen LogP) is -2.51. The molecule has 1 aliphatic heterocycles. The molecule has 470 valence electrons. The molecule has 1 aromatic carbocycles. The number of nitrogens with one attached hydrogen (secondary N) is 9. The number of nitrogens with two attached hydrogens (primary N) is 4. The summed E-state index contributed by atoms with van der Waals surface area (Å²) in [6, 6.07) is -3.95. The number of fused-ring (bicyclic) bond motifs is 1. The number of aromatic nitrogens is 1. The molecule has 3 rings (SSSR count). The van der Waals surface area contributed by atoms with Crippen molar-refractivity contribution in [2.75, 3.05) is 19.6 Å². The van der Waals surface area contributed by atoms with E-state index in [2.05, 4.69) is 52.5 Å². The van der Waals surface area contributed by atoms with E-state index in [4.69, 9.17) is 22.9 Å². The number of aliphatic imine (C=N–C) groups is 1. The summed E-state index contributed by atoms with van der Waals surface area (Å²) in [4.78, 5) is 180. The Morgan fingerprint density at radius 3 is 1.81 bits per heavy atom. The van der Waals surface area contributed by atoms with Gasteiger partial charge in [-0.1, -0.05) is 59.7 Å². The first-order chi connectivity index (χ1) is 40.0. The number of aliphatic carboxylic acids is 2. The summed E-state index contributed by atoms with van der Waals surface area (Å²) in [6.45, 7) is 9.70. The van der Waals surface area contributed by atoms with Crippen molar-refractivity contribution in [2.24, 2.45) is 45.7 Å². The highest BCUT2D eigenvalue weighted by Gasteiger charge is 2.41. The Kier molecular flexibility index (Phi) is 28.7. The summed E-state index contributed by atoms with van der Waals surface area (Å²) in [5.74, 6) is -13.0. The van der Waals surface area contributed by atoms with Gasteiger partial charge in [-0.3, -0.25) is 62.5 Å². The molecule has 1 aliphatic rings. The summed E-state index contributed by atoms with van der Waals surface area (Å²) < 4.78 is 0. The lowest BCUT2D eigenvalue weighted by atomic mass is 10.00. The molecule has 0 spiro atoms. The number of para-hydroxylation sites is 1. The summed E-state index contributed by atoms with van der Waals surface area (Å²) in [6.07, 6.45) is 0.100. The Morgan fingerprint density at radius 1 is 0.635 bits per heavy atom. The summed E-state index contributed by atoms with van der Waals surface area (Å²) in [7, 11) is 0. The van der Waals surface area contributed by atoms with Crippen molar-refractivity contribution in [2.45, 2.75) is 173 Å². The predicted molar refractivity (Wildman–Crippen MR) is 308 cm³/mol. The highest BCUT2D eigenvalue weighted by Crippen LogP contribution is 2.22. The van der Waals surface area contributed by atoms with E-state index in [9.17, 15) is 72.5 Å². The van der Waals surface area contributed by atoms with Gasteiger partial charge in [0.05, 0.1) is 13.0 Å². The lowest BCUT2D eigenvalue weighted by Crippen LogP contribution is -2.59. The van der Waals surface area contributed by atoms with Gasteiger partial charge in [-0.05, 0) is 80.8 Å². The molecular weight excluding hydrogens is 1110 g/mol. The highest BCUT2D eigenvalue weighted by atomic mass is 16.4. The molecule has 0 aliphatic carbocycles. The molecule has 2 aromatic rings. The Balaban J connectivity index is 1.81. The molecule has 30 nitrogen and oxygen atoms in total. The molecule has 8 atom stereocenters. The second-order valence-electron chi connectivity index (χ2n) is 22.2. The number of hydrogen-bond donors (Lipinski definition) is 15. The van der Waals surface area contributed by atoms with Crippen molar-refractivity contribution in [3.8, 4) is 0 Å². The number of likely N-dealkylation sites (tertiary alicyclic amines) is 1. The molecule has 2 heterocycles. The lowest BCUT2D eigenvalue weighted by molar-refractivity contribution is -0.143. The number of benzene rings is 1. The van der Waals surface area contributed by atoms with Gasteiger partial charge >= 0.3 is 11.9 Å². The molecule has 85 heavy (non-hydrogen) atoms. The molecule has 0 bridgehead atoms. The standard InChI is InChI=1S/C55H85N15O15/c1-28(2)22-36(66-50(80)37(24-31-26-61-33-13-8-7-12-32(31)33)67-51(81)38(25-45(75)76)63-43(73)17-9-16-41(56)71)47(77)62-27-44(74)69-46(30(5)6)53(83)70-21-11-15-40(70)52(82)65-34(14-10-20-60-55(58)59)48(78)64-35(18-19-42(57)72)49(79)68-39(54(84)85)23-29(3)4/h7-8,12-13,26,28-30,34-40,46,61H,9-11,14-25,27H2,1-6H3,(H2,56,71)(H2,57,72)(H,62,77)(H,63,73)(H,64,78)(H,65,82)(H,66,80)(H,67,81)(H,68,79)(H,69,74)(H,75,76)(H,84,85)(H4,58,59,60). The zero-order chi connectivity index (χ0) is 63.7. The third kappa shape index (κ3) is 24.5. The largest absolute Gasteiger partial charge is 0.481 e. The van der Waals surface area contributed by atoms with Crippen LogP contribution in [0.5, 0.6) is 0 Å². The molecule has 1 aromatic heterocycles. The molecule has 1 fully saturated rings. The van der Waals surface area contributed by atoms with Crippen molar-refractivity contribution < 1.29 is 72.5 Å². The van der Waals surface area contributed by atoms with Gasteiger partial charge in [0.2, 0.25) is 65.0 Å². The summed E-state index contributed by atoms with van der Waals surface area (Å²) >= 11 is 0. The quantitative estimate of drug-likeness (QED) is 0.0189. The highest BCUT2D eigenvalue weighted by molar-refractivity contribution is 5.99. The Hall–Kier alpha value is -8.86. The first kappa shape index (κ1) is 70.4. The van der Waals surface area contributed by atoms with Gasteiger partial charge in [0.1, 0.15) is 48.3 Å². The van der Waals surface area contributed by atoms with Crippen LogP contribution >= 0.6 is 0 Å². The van der Waals surface area contributed by atoms with Crippen molar-refractivity contribution in [1.29, 1.82) is 0 Å². The van der Waals surface area contributed by atoms with Crippen LogP contribution in [0.2, 0.25) is 0 Å². The third-order valence-corrected chi connectivity index (χ3v) is 13.7. The molecule has 0 saturated carbocycles. The van der Waals surface area contributed by atoms with Gasteiger partial charge in [0.25, 0.3) is 0 Å². The van der Waals surface area contributed by atoms with E-state index < -0.39 is 144 Å². The number of amides is 11. The number of guanidine groups is 1. The minimum atomic E-state index is -1.66. The first-order valence-electron chi connectivity index (χ1n) is 28.3. The van der Waals surface area contributed by atoms with Crippen molar-refractivity contribution in [3.63, 3.8) is 0 Å². The number of H-pyrrole nitrogens is 1. The number of primary amides is 2. The van der Waals surface area contributed by atoms with E-state index in [1.807, 2.05) is 0 Å². The average molecular weight is 1200 g/mol. The Morgan fingerprint density at radius 2 is 1.21 bits per heavy atom. The van der Waals surface area contributed by atoms with Crippen LogP contribution in [0.3, 0.4) is 0 Å². The van der Waals surface area contributed by atoms with E-state index in [-0.39, 0.29) is 102 Å². The van der Waals surface area contributed by atoms with Gasteiger partial charge < -0.3 is 85.6 Å². The fourth-order valence-electron chi connectivity index (χ4n) is 9.39. The number of carboxylic acids is 2. The molecule has 19 N–H and O–H groups in total. The van der Waals surface area contributed by atoms with Crippen LogP contribution in [0.1, 0.15) is 124 Å². The fraction of sp³-hybridized carbons (Fsp3) is 0.600. The maximum Gasteiger partial charge on any atom is 0.326 e. The molecular formula is C55H85N15O15. The van der Waals surface area contributed by atoms with E-state index in [0.29, 0.717) is 22.9 Å². The maximum absolute atomic E-state index is 14.4. The summed E-state index contributed by atoms with van der Waals surface area (Å²) in [5, 5.41) is 40.3. The van der Waals surface area contributed by atoms with Crippen LogP contribution in [0.15, 0.2) is 35.5 Å². The molecule has 1 saturated heterocycles. The molecule has 30 heteroatoms. The second kappa shape index (κ2) is 34.7. The van der Waals surface area contributed by atoms with Crippen LogP contribution < -0.4 is 65.5 Å². The van der Waals surface area contributed by atoms with Gasteiger partial charge in [0, 0.05) is 55.9 Å². The van der Waals surface area contributed by atoms with Gasteiger partial charge in [0.15, 0.2) is 5.96 Å². The van der Waals surface area contributed by atoms with Crippen molar-refractivity contribution >= 4 is 93.8 Å². The van der Waals surface area contributed by atoms with Crippen LogP contribution in [0, 0.1) is 17.8 Å². The number of nitrogens with zero attached hydrogens (tertiary/aromatic N) is 2. The van der Waals surface area contributed by atoms with Crippen LogP contribution in [-0.2, 0) is 68.7 Å². The average Bonchev–Trinajstić information content (AvgIpc) is 4.26. The fourth-order valence-corrected chi connectivity index (χ4v) is 9.39. The number of rotatable bonds is 37. The van der Waals surface area contributed by atoms with Gasteiger partial charge in [-0.25, -0.2) is 4.79 Å². The van der Waals surface area contributed by atoms with Crippen molar-refractivity contribution in [1.82, 2.24) is 52.4 Å².